The predicted molar refractivity (Wildman–Crippen MR) is 125 cm³/mol. The van der Waals surface area contributed by atoms with Gasteiger partial charge >= 0.3 is 11.9 Å². The number of hydrogen-bond donors (Lipinski definition) is 2. The van der Waals surface area contributed by atoms with E-state index in [-0.39, 0.29) is 16.1 Å². The Labute approximate surface area is 187 Å². The molecule has 3 rings (SSSR count). The van der Waals surface area contributed by atoms with Gasteiger partial charge in [0.15, 0.2) is 0 Å². The van der Waals surface area contributed by atoms with Gasteiger partial charge in [-0.3, -0.25) is 9.59 Å². The maximum absolute atomic E-state index is 10.9. The van der Waals surface area contributed by atoms with Crippen molar-refractivity contribution in [2.45, 2.75) is 4.58 Å². The normalized spacial score (nSPS) is 11.4. The maximum Gasteiger partial charge on any atom is 0.313 e. The molecule has 3 aromatic rings. The number of benzene rings is 2. The van der Waals surface area contributed by atoms with Crippen LogP contribution < -0.4 is 0 Å². The Morgan fingerprint density at radius 3 is 2.37 bits per heavy atom. The fraction of sp³-hybridized carbons (Fsp3) is 0.136. The number of aromatic nitrogens is 1. The first-order valence-electron chi connectivity index (χ1n) is 8.92. The van der Waals surface area contributed by atoms with Gasteiger partial charge in [-0.2, -0.15) is 0 Å². The van der Waals surface area contributed by atoms with Crippen molar-refractivity contribution in [2.24, 2.45) is 0 Å². The molecule has 0 saturated heterocycles. The van der Waals surface area contributed by atoms with Crippen LogP contribution in [0.3, 0.4) is 0 Å². The molecule has 154 valence electrons. The van der Waals surface area contributed by atoms with E-state index in [0.29, 0.717) is 5.02 Å². The SMILES string of the molecule is O=C(O)CSC(SCC(=O)O)c1cccc(/C=C/c2ccc3ccc(Cl)cc3n2)c1. The van der Waals surface area contributed by atoms with Crippen molar-refractivity contribution in [3.05, 3.63) is 76.4 Å². The molecule has 0 atom stereocenters. The zero-order valence-electron chi connectivity index (χ0n) is 15.7. The molecule has 2 N–H and O–H groups in total. The molecule has 0 bridgehead atoms. The molecular weight excluding hydrogens is 442 g/mol. The summed E-state index contributed by atoms with van der Waals surface area (Å²) in [6.45, 7) is 0. The number of rotatable bonds is 9. The molecule has 30 heavy (non-hydrogen) atoms. The fourth-order valence-electron chi connectivity index (χ4n) is 2.72. The molecule has 0 aliphatic carbocycles. The van der Waals surface area contributed by atoms with E-state index in [1.54, 1.807) is 0 Å². The summed E-state index contributed by atoms with van der Waals surface area (Å²) in [4.78, 5) is 26.5. The number of aliphatic carboxylic acids is 2. The molecule has 8 heteroatoms. The van der Waals surface area contributed by atoms with Gasteiger partial charge in [-0.15, -0.1) is 23.5 Å². The Bertz CT molecular complexity index is 1090. The lowest BCUT2D eigenvalue weighted by atomic mass is 10.1. The Balaban J connectivity index is 1.80. The summed E-state index contributed by atoms with van der Waals surface area (Å²) < 4.78 is -0.286. The Morgan fingerprint density at radius 1 is 0.967 bits per heavy atom. The van der Waals surface area contributed by atoms with Crippen LogP contribution in [-0.2, 0) is 9.59 Å². The summed E-state index contributed by atoms with van der Waals surface area (Å²) in [5, 5.41) is 19.6. The molecule has 0 unspecified atom stereocenters. The number of fused-ring (bicyclic) bond motifs is 1. The third-order valence-electron chi connectivity index (χ3n) is 4.02. The summed E-state index contributed by atoms with van der Waals surface area (Å²) in [5.41, 5.74) is 3.38. The molecule has 0 spiro atoms. The fourth-order valence-corrected chi connectivity index (χ4v) is 4.95. The van der Waals surface area contributed by atoms with Crippen molar-refractivity contribution in [1.82, 2.24) is 4.98 Å². The van der Waals surface area contributed by atoms with E-state index in [9.17, 15) is 9.59 Å². The molecule has 0 radical (unpaired) electrons. The number of hydrogen-bond acceptors (Lipinski definition) is 5. The van der Waals surface area contributed by atoms with Crippen LogP contribution in [0.25, 0.3) is 23.1 Å². The third-order valence-corrected chi connectivity index (χ3v) is 7.05. The van der Waals surface area contributed by atoms with E-state index in [4.69, 9.17) is 21.8 Å². The number of pyridine rings is 1. The lowest BCUT2D eigenvalue weighted by Crippen LogP contribution is -2.04. The predicted octanol–water partition coefficient (Wildman–Crippen LogP) is 5.69. The van der Waals surface area contributed by atoms with Crippen LogP contribution in [-0.4, -0.2) is 38.6 Å². The maximum atomic E-state index is 10.9. The summed E-state index contributed by atoms with van der Waals surface area (Å²) in [6, 6.07) is 17.1. The van der Waals surface area contributed by atoms with Crippen LogP contribution in [0.2, 0.25) is 5.02 Å². The van der Waals surface area contributed by atoms with Gasteiger partial charge in [0.1, 0.15) is 0 Å². The Morgan fingerprint density at radius 2 is 1.67 bits per heavy atom. The van der Waals surface area contributed by atoms with E-state index in [1.165, 1.54) is 23.5 Å². The van der Waals surface area contributed by atoms with E-state index >= 15 is 0 Å². The average molecular weight is 460 g/mol. The highest BCUT2D eigenvalue weighted by atomic mass is 35.5. The highest BCUT2D eigenvalue weighted by molar-refractivity contribution is 8.16. The van der Waals surface area contributed by atoms with Crippen molar-refractivity contribution in [2.75, 3.05) is 11.5 Å². The van der Waals surface area contributed by atoms with E-state index in [0.717, 1.165) is 27.7 Å². The quantitative estimate of drug-likeness (QED) is 0.397. The van der Waals surface area contributed by atoms with Crippen LogP contribution in [0.15, 0.2) is 54.6 Å². The summed E-state index contributed by atoms with van der Waals surface area (Å²) >= 11 is 8.45. The monoisotopic (exact) mass is 459 g/mol. The zero-order valence-corrected chi connectivity index (χ0v) is 18.1. The highest BCUT2D eigenvalue weighted by Crippen LogP contribution is 2.39. The molecular formula is C22H18ClNO4S2. The summed E-state index contributed by atoms with van der Waals surface area (Å²) in [7, 11) is 0. The first-order valence-corrected chi connectivity index (χ1v) is 11.4. The van der Waals surface area contributed by atoms with Crippen molar-refractivity contribution >= 4 is 70.1 Å². The summed E-state index contributed by atoms with van der Waals surface area (Å²) in [6.07, 6.45) is 3.81. The molecule has 2 aromatic carbocycles. The third kappa shape index (κ3) is 6.52. The van der Waals surface area contributed by atoms with Crippen LogP contribution in [0, 0.1) is 0 Å². The molecule has 0 saturated carbocycles. The van der Waals surface area contributed by atoms with Crippen molar-refractivity contribution in [3.8, 4) is 0 Å². The van der Waals surface area contributed by atoms with Crippen LogP contribution in [0.5, 0.6) is 0 Å². The van der Waals surface area contributed by atoms with Gasteiger partial charge in [0, 0.05) is 10.4 Å². The van der Waals surface area contributed by atoms with Crippen molar-refractivity contribution in [3.63, 3.8) is 0 Å². The Kier molecular flexibility index (Phi) is 7.79. The minimum atomic E-state index is -0.931. The first-order chi connectivity index (χ1) is 14.4. The van der Waals surface area contributed by atoms with Gasteiger partial charge in [-0.25, -0.2) is 4.98 Å². The largest absolute Gasteiger partial charge is 0.481 e. The number of nitrogens with zero attached hydrogens (tertiary/aromatic N) is 1. The zero-order chi connectivity index (χ0) is 21.5. The van der Waals surface area contributed by atoms with Gasteiger partial charge in [0.2, 0.25) is 0 Å². The highest BCUT2D eigenvalue weighted by Gasteiger charge is 2.16. The smallest absolute Gasteiger partial charge is 0.313 e. The molecule has 1 aromatic heterocycles. The van der Waals surface area contributed by atoms with Crippen LogP contribution in [0.1, 0.15) is 21.4 Å². The minimum Gasteiger partial charge on any atom is -0.481 e. The molecule has 5 nitrogen and oxygen atoms in total. The number of halogens is 1. The standard InChI is InChI=1S/C22H18ClNO4S2/c23-17-7-5-15-6-9-18(24-19(15)11-17)8-4-14-2-1-3-16(10-14)22(29-12-20(25)26)30-13-21(27)28/h1-11,22H,12-13H2,(H,25,26)(H,27,28)/b8-4+. The first kappa shape index (κ1) is 22.2. The second-order valence-corrected chi connectivity index (χ2v) is 9.24. The minimum absolute atomic E-state index is 0.0963. The topological polar surface area (TPSA) is 87.5 Å². The molecule has 0 aliphatic rings. The van der Waals surface area contributed by atoms with Crippen molar-refractivity contribution < 1.29 is 19.8 Å². The number of carbonyl (C=O) groups is 2. The van der Waals surface area contributed by atoms with Gasteiger partial charge in [0.05, 0.1) is 27.3 Å². The molecule has 0 fully saturated rings. The van der Waals surface area contributed by atoms with Crippen LogP contribution >= 0.6 is 35.1 Å². The van der Waals surface area contributed by atoms with E-state index < -0.39 is 11.9 Å². The van der Waals surface area contributed by atoms with Crippen molar-refractivity contribution in [1.29, 1.82) is 0 Å². The average Bonchev–Trinajstić information content (AvgIpc) is 2.71. The second kappa shape index (κ2) is 10.5. The number of carboxylic acids is 2. The molecule has 1 heterocycles. The molecule has 0 amide bonds. The van der Waals surface area contributed by atoms with E-state index in [1.807, 2.05) is 66.7 Å². The number of thioether (sulfide) groups is 2. The van der Waals surface area contributed by atoms with Gasteiger partial charge < -0.3 is 10.2 Å². The second-order valence-electron chi connectivity index (χ2n) is 6.32. The lowest BCUT2D eigenvalue weighted by Gasteiger charge is -2.15. The van der Waals surface area contributed by atoms with Crippen LogP contribution in [0.4, 0.5) is 0 Å². The van der Waals surface area contributed by atoms with E-state index in [2.05, 4.69) is 4.98 Å². The molecule has 0 aliphatic heterocycles. The lowest BCUT2D eigenvalue weighted by molar-refractivity contribution is -0.134. The number of carboxylic acid groups (broad SMARTS) is 2. The van der Waals surface area contributed by atoms with Gasteiger partial charge in [-0.05, 0) is 41.5 Å². The van der Waals surface area contributed by atoms with Gasteiger partial charge in [-0.1, -0.05) is 48.0 Å². The van der Waals surface area contributed by atoms with Gasteiger partial charge in [0.25, 0.3) is 0 Å². The summed E-state index contributed by atoms with van der Waals surface area (Å²) in [5.74, 6) is -2.05. The Hall–Kier alpha value is -2.48.